The Hall–Kier alpha value is -2.12. The molecule has 0 aliphatic heterocycles. The number of guanidine groups is 1. The number of unbranched alkanes of at least 4 members (excludes halogenated alkanes) is 1. The van der Waals surface area contributed by atoms with E-state index >= 15 is 0 Å². The van der Waals surface area contributed by atoms with Crippen molar-refractivity contribution in [1.82, 2.24) is 10.6 Å². The second-order valence-electron chi connectivity index (χ2n) is 5.50. The van der Waals surface area contributed by atoms with E-state index in [0.717, 1.165) is 25.0 Å². The molecule has 0 spiro atoms. The van der Waals surface area contributed by atoms with Crippen LogP contribution in [0.15, 0.2) is 29.3 Å². The molecular weight excluding hydrogens is 320 g/mol. The van der Waals surface area contributed by atoms with Crippen molar-refractivity contribution < 1.29 is 14.3 Å². The van der Waals surface area contributed by atoms with Crippen molar-refractivity contribution in [2.75, 3.05) is 40.0 Å². The monoisotopic (exact) mass is 350 g/mol. The van der Waals surface area contributed by atoms with Gasteiger partial charge in [-0.05, 0) is 24.1 Å². The van der Waals surface area contributed by atoms with E-state index in [1.54, 1.807) is 19.2 Å². The zero-order valence-corrected chi connectivity index (χ0v) is 15.2. The van der Waals surface area contributed by atoms with Crippen LogP contribution in [0, 0.1) is 0 Å². The van der Waals surface area contributed by atoms with E-state index < -0.39 is 5.91 Å². The van der Waals surface area contributed by atoms with E-state index in [9.17, 15) is 4.79 Å². The molecule has 0 heterocycles. The van der Waals surface area contributed by atoms with Gasteiger partial charge in [-0.1, -0.05) is 25.5 Å². The first-order valence-corrected chi connectivity index (χ1v) is 8.66. The SMILES string of the molecule is CCCCOCCOCCNC(=NC)NCc1cccc(C(N)=O)c1. The Morgan fingerprint density at radius 1 is 1.16 bits per heavy atom. The predicted octanol–water partition coefficient (Wildman–Crippen LogP) is 1.28. The van der Waals surface area contributed by atoms with E-state index in [1.165, 1.54) is 0 Å². The number of hydrogen-bond acceptors (Lipinski definition) is 4. The zero-order chi connectivity index (χ0) is 18.3. The molecule has 0 aliphatic carbocycles. The fourth-order valence-electron chi connectivity index (χ4n) is 2.05. The van der Waals surface area contributed by atoms with Crippen molar-refractivity contribution in [3.8, 4) is 0 Å². The fourth-order valence-corrected chi connectivity index (χ4v) is 2.05. The van der Waals surface area contributed by atoms with Gasteiger partial charge < -0.3 is 25.8 Å². The molecule has 0 aliphatic rings. The average Bonchev–Trinajstić information content (AvgIpc) is 2.63. The number of ether oxygens (including phenoxy) is 2. The van der Waals surface area contributed by atoms with Gasteiger partial charge in [0.2, 0.25) is 5.91 Å². The topological polar surface area (TPSA) is 98.0 Å². The van der Waals surface area contributed by atoms with E-state index in [0.29, 0.717) is 44.4 Å². The third-order valence-electron chi connectivity index (χ3n) is 3.45. The molecule has 1 aromatic rings. The summed E-state index contributed by atoms with van der Waals surface area (Å²) in [5.41, 5.74) is 6.74. The Morgan fingerprint density at radius 2 is 1.92 bits per heavy atom. The summed E-state index contributed by atoms with van der Waals surface area (Å²) >= 11 is 0. The van der Waals surface area contributed by atoms with Gasteiger partial charge in [0.05, 0.1) is 19.8 Å². The van der Waals surface area contributed by atoms with Gasteiger partial charge in [-0.25, -0.2) is 0 Å². The number of primary amides is 1. The van der Waals surface area contributed by atoms with Gasteiger partial charge in [-0.15, -0.1) is 0 Å². The summed E-state index contributed by atoms with van der Waals surface area (Å²) in [5, 5.41) is 6.35. The maximum atomic E-state index is 11.2. The Balaban J connectivity index is 2.16. The van der Waals surface area contributed by atoms with Crippen molar-refractivity contribution in [2.24, 2.45) is 10.7 Å². The number of carbonyl (C=O) groups excluding carboxylic acids is 1. The van der Waals surface area contributed by atoms with E-state index in [4.69, 9.17) is 15.2 Å². The summed E-state index contributed by atoms with van der Waals surface area (Å²) in [5.74, 6) is 0.243. The predicted molar refractivity (Wildman–Crippen MR) is 99.7 cm³/mol. The van der Waals surface area contributed by atoms with Crippen molar-refractivity contribution >= 4 is 11.9 Å². The van der Waals surface area contributed by atoms with Crippen LogP contribution in [-0.2, 0) is 16.0 Å². The highest BCUT2D eigenvalue weighted by molar-refractivity contribution is 5.92. The van der Waals surface area contributed by atoms with E-state index in [1.807, 2.05) is 12.1 Å². The number of nitrogens with two attached hydrogens (primary N) is 1. The first-order valence-electron chi connectivity index (χ1n) is 8.66. The number of aliphatic imine (C=N–C) groups is 1. The minimum atomic E-state index is -0.430. The molecule has 140 valence electrons. The molecule has 1 rings (SSSR count). The summed E-state index contributed by atoms with van der Waals surface area (Å²) in [6, 6.07) is 7.20. The second-order valence-corrected chi connectivity index (χ2v) is 5.50. The number of rotatable bonds is 12. The minimum absolute atomic E-state index is 0.430. The molecule has 0 radical (unpaired) electrons. The molecule has 0 bridgehead atoms. The van der Waals surface area contributed by atoms with Gasteiger partial charge in [0.25, 0.3) is 0 Å². The van der Waals surface area contributed by atoms with E-state index in [-0.39, 0.29) is 0 Å². The molecule has 0 saturated carbocycles. The lowest BCUT2D eigenvalue weighted by atomic mass is 10.1. The number of benzene rings is 1. The standard InChI is InChI=1S/C18H30N4O3/c1-3-4-9-24-11-12-25-10-8-21-18(20-2)22-14-15-6-5-7-16(13-15)17(19)23/h5-7,13H,3-4,8-12,14H2,1-2H3,(H2,19,23)(H2,20,21,22). The minimum Gasteiger partial charge on any atom is -0.379 e. The molecule has 7 nitrogen and oxygen atoms in total. The molecule has 0 aromatic heterocycles. The Bertz CT molecular complexity index is 535. The molecular formula is C18H30N4O3. The van der Waals surface area contributed by atoms with Crippen molar-refractivity contribution in [3.63, 3.8) is 0 Å². The molecule has 7 heteroatoms. The normalized spacial score (nSPS) is 11.4. The van der Waals surface area contributed by atoms with Crippen LogP contribution in [0.25, 0.3) is 0 Å². The first-order chi connectivity index (χ1) is 12.2. The van der Waals surface area contributed by atoms with Crippen LogP contribution in [0.4, 0.5) is 0 Å². The number of hydrogen-bond donors (Lipinski definition) is 3. The fraction of sp³-hybridized carbons (Fsp3) is 0.556. The Labute approximate surface area is 150 Å². The molecule has 0 unspecified atom stereocenters. The molecule has 4 N–H and O–H groups in total. The Morgan fingerprint density at radius 3 is 2.60 bits per heavy atom. The van der Waals surface area contributed by atoms with Crippen LogP contribution < -0.4 is 16.4 Å². The van der Waals surface area contributed by atoms with Crippen molar-refractivity contribution in [3.05, 3.63) is 35.4 Å². The van der Waals surface area contributed by atoms with Gasteiger partial charge in [0.15, 0.2) is 5.96 Å². The Kier molecular flexibility index (Phi) is 11.0. The van der Waals surface area contributed by atoms with Crippen LogP contribution in [0.1, 0.15) is 35.7 Å². The number of amides is 1. The number of nitrogens with zero attached hydrogens (tertiary/aromatic N) is 1. The van der Waals surface area contributed by atoms with Crippen molar-refractivity contribution in [1.29, 1.82) is 0 Å². The van der Waals surface area contributed by atoms with Gasteiger partial charge in [0, 0.05) is 32.3 Å². The molecule has 0 saturated heterocycles. The highest BCUT2D eigenvalue weighted by atomic mass is 16.5. The maximum Gasteiger partial charge on any atom is 0.248 e. The highest BCUT2D eigenvalue weighted by Crippen LogP contribution is 2.04. The summed E-state index contributed by atoms with van der Waals surface area (Å²) in [7, 11) is 1.71. The summed E-state index contributed by atoms with van der Waals surface area (Å²) in [4.78, 5) is 15.3. The molecule has 1 amide bonds. The summed E-state index contributed by atoms with van der Waals surface area (Å²) in [6.45, 7) is 5.94. The van der Waals surface area contributed by atoms with E-state index in [2.05, 4.69) is 22.5 Å². The molecule has 0 atom stereocenters. The van der Waals surface area contributed by atoms with Crippen LogP contribution in [0.5, 0.6) is 0 Å². The summed E-state index contributed by atoms with van der Waals surface area (Å²) in [6.07, 6.45) is 2.23. The lowest BCUT2D eigenvalue weighted by molar-refractivity contribution is 0.0487. The lowest BCUT2D eigenvalue weighted by Crippen LogP contribution is -2.38. The van der Waals surface area contributed by atoms with Crippen LogP contribution >= 0.6 is 0 Å². The first kappa shape index (κ1) is 20.9. The highest BCUT2D eigenvalue weighted by Gasteiger charge is 2.02. The van der Waals surface area contributed by atoms with Crippen molar-refractivity contribution in [2.45, 2.75) is 26.3 Å². The van der Waals surface area contributed by atoms with Gasteiger partial charge in [0.1, 0.15) is 0 Å². The molecule has 25 heavy (non-hydrogen) atoms. The van der Waals surface area contributed by atoms with Gasteiger partial charge in [-0.3, -0.25) is 9.79 Å². The third-order valence-corrected chi connectivity index (χ3v) is 3.45. The quantitative estimate of drug-likeness (QED) is 0.300. The van der Waals surface area contributed by atoms with Gasteiger partial charge in [-0.2, -0.15) is 0 Å². The number of nitrogens with one attached hydrogen (secondary N) is 2. The largest absolute Gasteiger partial charge is 0.379 e. The third kappa shape index (κ3) is 9.69. The average molecular weight is 350 g/mol. The molecule has 1 aromatic carbocycles. The summed E-state index contributed by atoms with van der Waals surface area (Å²) < 4.78 is 10.9. The molecule has 0 fully saturated rings. The lowest BCUT2D eigenvalue weighted by Gasteiger charge is -2.12. The van der Waals surface area contributed by atoms with Crippen LogP contribution in [0.3, 0.4) is 0 Å². The second kappa shape index (κ2) is 13.2. The zero-order valence-electron chi connectivity index (χ0n) is 15.2. The van der Waals surface area contributed by atoms with Crippen LogP contribution in [-0.4, -0.2) is 51.9 Å². The number of carbonyl (C=O) groups is 1. The smallest absolute Gasteiger partial charge is 0.248 e. The van der Waals surface area contributed by atoms with Crippen LogP contribution in [0.2, 0.25) is 0 Å². The van der Waals surface area contributed by atoms with Gasteiger partial charge >= 0.3 is 0 Å². The maximum absolute atomic E-state index is 11.2.